The summed E-state index contributed by atoms with van der Waals surface area (Å²) in [6, 6.07) is 7.74. The van der Waals surface area contributed by atoms with Gasteiger partial charge in [0.25, 0.3) is 0 Å². The summed E-state index contributed by atoms with van der Waals surface area (Å²) < 4.78 is 0. The summed E-state index contributed by atoms with van der Waals surface area (Å²) in [5.74, 6) is -0.546. The van der Waals surface area contributed by atoms with Crippen LogP contribution in [-0.4, -0.2) is 23.2 Å². The second-order valence-electron chi connectivity index (χ2n) is 5.37. The van der Waals surface area contributed by atoms with Crippen LogP contribution in [0.1, 0.15) is 26.7 Å². The Balaban J connectivity index is 2.23. The molecule has 1 saturated heterocycles. The van der Waals surface area contributed by atoms with Gasteiger partial charge < -0.3 is 10.0 Å². The lowest BCUT2D eigenvalue weighted by Gasteiger charge is -2.37. The van der Waals surface area contributed by atoms with Crippen LogP contribution in [0.5, 0.6) is 0 Å². The second kappa shape index (κ2) is 4.81. The van der Waals surface area contributed by atoms with Crippen molar-refractivity contribution in [2.75, 3.05) is 11.4 Å². The van der Waals surface area contributed by atoms with Crippen molar-refractivity contribution in [3.05, 3.63) is 29.3 Å². The third-order valence-electron chi connectivity index (χ3n) is 3.94. The van der Waals surface area contributed by atoms with E-state index < -0.39 is 5.97 Å². The van der Waals surface area contributed by atoms with E-state index in [2.05, 4.69) is 18.7 Å². The van der Waals surface area contributed by atoms with Crippen LogP contribution >= 0.6 is 11.6 Å². The summed E-state index contributed by atoms with van der Waals surface area (Å²) in [6.45, 7) is 5.09. The minimum Gasteiger partial charge on any atom is -0.481 e. The highest BCUT2D eigenvalue weighted by Gasteiger charge is 2.42. The lowest BCUT2D eigenvalue weighted by Crippen LogP contribution is -2.43. The lowest BCUT2D eigenvalue weighted by atomic mass is 9.85. The topological polar surface area (TPSA) is 40.5 Å². The molecule has 1 aliphatic heterocycles. The van der Waals surface area contributed by atoms with Crippen LogP contribution in [0.3, 0.4) is 0 Å². The molecule has 1 aliphatic rings. The van der Waals surface area contributed by atoms with Crippen molar-refractivity contribution >= 4 is 23.3 Å². The molecule has 1 heterocycles. The van der Waals surface area contributed by atoms with Crippen molar-refractivity contribution < 1.29 is 9.90 Å². The number of hydrogen-bond acceptors (Lipinski definition) is 2. The number of rotatable bonds is 3. The first kappa shape index (κ1) is 13.2. The smallest absolute Gasteiger partial charge is 0.303 e. The molecule has 0 bridgehead atoms. The zero-order chi connectivity index (χ0) is 13.3. The van der Waals surface area contributed by atoms with Gasteiger partial charge in [-0.25, -0.2) is 0 Å². The Bertz CT molecular complexity index is 459. The molecule has 3 nitrogen and oxygen atoms in total. The highest BCUT2D eigenvalue weighted by Crippen LogP contribution is 2.40. The molecule has 0 spiro atoms. The number of anilines is 1. The number of carboxylic acids is 1. The number of carboxylic acid groups (broad SMARTS) is 1. The van der Waals surface area contributed by atoms with Crippen molar-refractivity contribution in [3.63, 3.8) is 0 Å². The van der Waals surface area contributed by atoms with Gasteiger partial charge in [0.15, 0.2) is 0 Å². The van der Waals surface area contributed by atoms with Crippen molar-refractivity contribution in [2.45, 2.75) is 32.2 Å². The zero-order valence-corrected chi connectivity index (χ0v) is 11.4. The highest BCUT2D eigenvalue weighted by atomic mass is 35.5. The monoisotopic (exact) mass is 267 g/mol. The predicted octanol–water partition coefficient (Wildman–Crippen LogP) is 3.42. The van der Waals surface area contributed by atoms with Gasteiger partial charge in [-0.2, -0.15) is 0 Å². The van der Waals surface area contributed by atoms with Crippen LogP contribution in [0.25, 0.3) is 0 Å². The molecule has 1 unspecified atom stereocenters. The molecule has 0 aliphatic carbocycles. The Hall–Kier alpha value is -1.22. The molecule has 0 radical (unpaired) electrons. The molecule has 4 heteroatoms. The van der Waals surface area contributed by atoms with Gasteiger partial charge in [0.2, 0.25) is 0 Å². The fraction of sp³-hybridized carbons (Fsp3) is 0.500. The lowest BCUT2D eigenvalue weighted by molar-refractivity contribution is -0.138. The molecule has 0 amide bonds. The first-order valence-corrected chi connectivity index (χ1v) is 6.54. The zero-order valence-electron chi connectivity index (χ0n) is 10.7. The number of halogens is 1. The van der Waals surface area contributed by atoms with Crippen LogP contribution in [0.15, 0.2) is 24.3 Å². The predicted molar refractivity (Wildman–Crippen MR) is 73.2 cm³/mol. The quantitative estimate of drug-likeness (QED) is 0.912. The van der Waals surface area contributed by atoms with Gasteiger partial charge in [-0.05, 0) is 44.4 Å². The van der Waals surface area contributed by atoms with Gasteiger partial charge in [0.1, 0.15) is 0 Å². The standard InChI is InChI=1S/C14H18ClNO2/c1-14(2)10(8-13(17)18)6-7-16(14)12-5-3-4-11(15)9-12/h3-5,9-10H,6-8H2,1-2H3,(H,17,18). The minimum atomic E-state index is -0.721. The molecule has 1 aromatic carbocycles. The maximum atomic E-state index is 10.9. The summed E-state index contributed by atoms with van der Waals surface area (Å²) in [7, 11) is 0. The van der Waals surface area contributed by atoms with Gasteiger partial charge in [-0.1, -0.05) is 17.7 Å². The van der Waals surface area contributed by atoms with E-state index >= 15 is 0 Å². The van der Waals surface area contributed by atoms with Crippen molar-refractivity contribution in [3.8, 4) is 0 Å². The molecule has 2 rings (SSSR count). The molecule has 18 heavy (non-hydrogen) atoms. The van der Waals surface area contributed by atoms with Crippen LogP contribution in [0.4, 0.5) is 5.69 Å². The number of benzene rings is 1. The van der Waals surface area contributed by atoms with E-state index in [0.717, 1.165) is 18.7 Å². The van der Waals surface area contributed by atoms with Crippen molar-refractivity contribution in [1.29, 1.82) is 0 Å². The van der Waals surface area contributed by atoms with E-state index in [4.69, 9.17) is 16.7 Å². The van der Waals surface area contributed by atoms with Gasteiger partial charge in [0, 0.05) is 22.8 Å². The van der Waals surface area contributed by atoms with Crippen LogP contribution in [0.2, 0.25) is 5.02 Å². The number of nitrogens with zero attached hydrogens (tertiary/aromatic N) is 1. The van der Waals surface area contributed by atoms with Gasteiger partial charge in [-0.3, -0.25) is 4.79 Å². The molecule has 1 N–H and O–H groups in total. The first-order chi connectivity index (χ1) is 8.41. The molecule has 0 saturated carbocycles. The van der Waals surface area contributed by atoms with Crippen LogP contribution in [-0.2, 0) is 4.79 Å². The Morgan fingerprint density at radius 1 is 1.56 bits per heavy atom. The van der Waals surface area contributed by atoms with Gasteiger partial charge in [-0.15, -0.1) is 0 Å². The van der Waals surface area contributed by atoms with E-state index in [0.29, 0.717) is 5.02 Å². The van der Waals surface area contributed by atoms with E-state index in [-0.39, 0.29) is 17.9 Å². The highest BCUT2D eigenvalue weighted by molar-refractivity contribution is 6.30. The van der Waals surface area contributed by atoms with Gasteiger partial charge >= 0.3 is 5.97 Å². The van der Waals surface area contributed by atoms with Crippen molar-refractivity contribution in [2.24, 2.45) is 5.92 Å². The summed E-state index contributed by atoms with van der Waals surface area (Å²) in [4.78, 5) is 13.2. The molecule has 98 valence electrons. The fourth-order valence-corrected chi connectivity index (χ4v) is 3.00. The van der Waals surface area contributed by atoms with Crippen molar-refractivity contribution in [1.82, 2.24) is 0 Å². The normalized spacial score (nSPS) is 22.2. The third kappa shape index (κ3) is 2.46. The third-order valence-corrected chi connectivity index (χ3v) is 4.17. The molecule has 1 fully saturated rings. The minimum absolute atomic E-state index is 0.150. The molecular formula is C14H18ClNO2. The SMILES string of the molecule is CC1(C)C(CC(=O)O)CCN1c1cccc(Cl)c1. The number of aliphatic carboxylic acids is 1. The average molecular weight is 268 g/mol. The second-order valence-corrected chi connectivity index (χ2v) is 5.81. The molecular weight excluding hydrogens is 250 g/mol. The number of hydrogen-bond donors (Lipinski definition) is 1. The summed E-state index contributed by atoms with van der Waals surface area (Å²) in [5, 5.41) is 9.68. The first-order valence-electron chi connectivity index (χ1n) is 6.16. The maximum Gasteiger partial charge on any atom is 0.303 e. The Labute approximate surface area is 112 Å². The summed E-state index contributed by atoms with van der Waals surface area (Å²) in [6.07, 6.45) is 1.13. The van der Waals surface area contributed by atoms with Crippen LogP contribution in [0, 0.1) is 5.92 Å². The molecule has 1 aromatic rings. The van der Waals surface area contributed by atoms with E-state index in [1.165, 1.54) is 0 Å². The average Bonchev–Trinajstić information content (AvgIpc) is 2.54. The summed E-state index contributed by atoms with van der Waals surface area (Å²) in [5.41, 5.74) is 0.920. The van der Waals surface area contributed by atoms with E-state index in [1.807, 2.05) is 24.3 Å². The maximum absolute atomic E-state index is 10.9. The Kier molecular flexibility index (Phi) is 3.53. The summed E-state index contributed by atoms with van der Waals surface area (Å²) >= 11 is 6.02. The largest absolute Gasteiger partial charge is 0.481 e. The Morgan fingerprint density at radius 2 is 2.28 bits per heavy atom. The Morgan fingerprint density at radius 3 is 2.89 bits per heavy atom. The fourth-order valence-electron chi connectivity index (χ4n) is 2.82. The van der Waals surface area contributed by atoms with Crippen LogP contribution < -0.4 is 4.90 Å². The van der Waals surface area contributed by atoms with E-state index in [9.17, 15) is 4.79 Å². The molecule has 0 aromatic heterocycles. The number of carbonyl (C=O) groups is 1. The molecule has 1 atom stereocenters. The van der Waals surface area contributed by atoms with E-state index in [1.54, 1.807) is 0 Å². The van der Waals surface area contributed by atoms with Gasteiger partial charge in [0.05, 0.1) is 6.42 Å².